The van der Waals surface area contributed by atoms with Crippen molar-refractivity contribution in [3.05, 3.63) is 11.9 Å². The van der Waals surface area contributed by atoms with Crippen molar-refractivity contribution in [2.45, 2.75) is 19.4 Å². The highest BCUT2D eigenvalue weighted by molar-refractivity contribution is 5.82. The van der Waals surface area contributed by atoms with Crippen molar-refractivity contribution in [1.29, 1.82) is 0 Å². The number of carbonyl (C=O) groups is 2. The molecule has 0 aliphatic carbocycles. The first-order valence-corrected chi connectivity index (χ1v) is 4.34. The number of carbonyl (C=O) groups excluding carboxylic acids is 1. The zero-order chi connectivity index (χ0) is 11.8. The van der Waals surface area contributed by atoms with E-state index in [2.05, 4.69) is 22.3 Å². The third kappa shape index (κ3) is 5.45. The second-order valence-corrected chi connectivity index (χ2v) is 2.88. The van der Waals surface area contributed by atoms with Crippen molar-refractivity contribution in [2.75, 3.05) is 7.05 Å². The molecule has 0 aliphatic rings. The zero-order valence-corrected chi connectivity index (χ0v) is 8.78. The van der Waals surface area contributed by atoms with Crippen LogP contribution in [0.5, 0.6) is 0 Å². The van der Waals surface area contributed by atoms with E-state index in [9.17, 15) is 9.59 Å². The van der Waals surface area contributed by atoms with Crippen LogP contribution in [0, 0.1) is 0 Å². The lowest BCUT2D eigenvalue weighted by atomic mass is 10.1. The van der Waals surface area contributed by atoms with Crippen LogP contribution < -0.4 is 10.6 Å². The molecule has 1 atom stereocenters. The standard InChI is InChI=1S/C9H15N3O3/c1-6(13)12-8(9(14)15)4-7(11-3)5-10-2/h5,8,10H,3-4H2,1-2H3,(H,12,13)(H,14,15)/b7-5-. The Morgan fingerprint density at radius 2 is 2.20 bits per heavy atom. The van der Waals surface area contributed by atoms with Crippen molar-refractivity contribution in [3.8, 4) is 0 Å². The Morgan fingerprint density at radius 1 is 1.60 bits per heavy atom. The maximum absolute atomic E-state index is 10.8. The molecule has 6 nitrogen and oxygen atoms in total. The van der Waals surface area contributed by atoms with Gasteiger partial charge in [0.1, 0.15) is 6.04 Å². The predicted molar refractivity (Wildman–Crippen MR) is 56.5 cm³/mol. The van der Waals surface area contributed by atoms with E-state index in [-0.39, 0.29) is 6.42 Å². The second kappa shape index (κ2) is 6.58. The van der Waals surface area contributed by atoms with Gasteiger partial charge in [0.2, 0.25) is 5.91 Å². The lowest BCUT2D eigenvalue weighted by Gasteiger charge is -2.12. The summed E-state index contributed by atoms with van der Waals surface area (Å²) in [6, 6.07) is -0.979. The summed E-state index contributed by atoms with van der Waals surface area (Å²) in [7, 11) is 1.67. The van der Waals surface area contributed by atoms with Gasteiger partial charge in [-0.3, -0.25) is 9.79 Å². The molecule has 84 valence electrons. The van der Waals surface area contributed by atoms with Crippen molar-refractivity contribution in [1.82, 2.24) is 10.6 Å². The van der Waals surface area contributed by atoms with Gasteiger partial charge in [-0.1, -0.05) is 0 Å². The fraction of sp³-hybridized carbons (Fsp3) is 0.444. The number of nitrogens with one attached hydrogen (secondary N) is 2. The normalized spacial score (nSPS) is 12.8. The summed E-state index contributed by atoms with van der Waals surface area (Å²) < 4.78 is 0. The van der Waals surface area contributed by atoms with Gasteiger partial charge in [0.15, 0.2) is 0 Å². The molecule has 0 saturated carbocycles. The van der Waals surface area contributed by atoms with Gasteiger partial charge in [-0.05, 0) is 6.72 Å². The zero-order valence-electron chi connectivity index (χ0n) is 8.78. The van der Waals surface area contributed by atoms with Crippen LogP contribution in [0.15, 0.2) is 16.9 Å². The molecule has 0 aromatic rings. The number of aliphatic imine (C=N–C) groups is 1. The first-order valence-electron chi connectivity index (χ1n) is 4.34. The molecule has 3 N–H and O–H groups in total. The minimum atomic E-state index is -1.10. The van der Waals surface area contributed by atoms with E-state index in [1.165, 1.54) is 13.1 Å². The van der Waals surface area contributed by atoms with Crippen LogP contribution >= 0.6 is 0 Å². The molecule has 0 aliphatic heterocycles. The molecule has 6 heteroatoms. The summed E-state index contributed by atoms with van der Waals surface area (Å²) in [5.74, 6) is -1.49. The van der Waals surface area contributed by atoms with Crippen molar-refractivity contribution >= 4 is 18.6 Å². The Hall–Kier alpha value is -1.85. The van der Waals surface area contributed by atoms with Crippen LogP contribution in [0.3, 0.4) is 0 Å². The number of carboxylic acids is 1. The van der Waals surface area contributed by atoms with Gasteiger partial charge >= 0.3 is 5.97 Å². The van der Waals surface area contributed by atoms with Crippen LogP contribution in [0.1, 0.15) is 13.3 Å². The van der Waals surface area contributed by atoms with Crippen LogP contribution in [0.25, 0.3) is 0 Å². The van der Waals surface area contributed by atoms with Gasteiger partial charge in [-0.15, -0.1) is 0 Å². The van der Waals surface area contributed by atoms with Crippen LogP contribution in [-0.4, -0.2) is 36.8 Å². The second-order valence-electron chi connectivity index (χ2n) is 2.88. The summed E-state index contributed by atoms with van der Waals surface area (Å²) >= 11 is 0. The van der Waals surface area contributed by atoms with Gasteiger partial charge in [-0.2, -0.15) is 0 Å². The minimum Gasteiger partial charge on any atom is -0.480 e. The number of hydrogen-bond acceptors (Lipinski definition) is 4. The van der Waals surface area contributed by atoms with E-state index < -0.39 is 17.9 Å². The molecule has 0 bridgehead atoms. The molecular formula is C9H15N3O3. The molecule has 15 heavy (non-hydrogen) atoms. The van der Waals surface area contributed by atoms with E-state index in [0.29, 0.717) is 5.70 Å². The summed E-state index contributed by atoms with van der Waals surface area (Å²) in [4.78, 5) is 25.1. The predicted octanol–water partition coefficient (Wildman–Crippen LogP) is -0.273. The molecule has 0 saturated heterocycles. The third-order valence-corrected chi connectivity index (χ3v) is 1.60. The Balaban J connectivity index is 4.52. The Morgan fingerprint density at radius 3 is 2.53 bits per heavy atom. The molecule has 0 radical (unpaired) electrons. The molecule has 0 fully saturated rings. The van der Waals surface area contributed by atoms with E-state index in [1.54, 1.807) is 7.05 Å². The molecule has 0 heterocycles. The lowest BCUT2D eigenvalue weighted by Crippen LogP contribution is -2.39. The number of amides is 1. The Bertz CT molecular complexity index is 286. The Labute approximate surface area is 88.1 Å². The number of nitrogens with zero attached hydrogens (tertiary/aromatic N) is 1. The molecule has 1 unspecified atom stereocenters. The first-order chi connectivity index (χ1) is 7.01. The maximum atomic E-state index is 10.8. The van der Waals surface area contributed by atoms with Gasteiger partial charge in [0.25, 0.3) is 0 Å². The van der Waals surface area contributed by atoms with Gasteiger partial charge < -0.3 is 15.7 Å². The summed E-state index contributed by atoms with van der Waals surface area (Å²) in [6.07, 6.45) is 1.63. The van der Waals surface area contributed by atoms with Crippen LogP contribution in [0.4, 0.5) is 0 Å². The fourth-order valence-electron chi connectivity index (χ4n) is 0.990. The number of aliphatic carboxylic acids is 1. The molecule has 0 aromatic carbocycles. The molecule has 1 amide bonds. The molecule has 0 aromatic heterocycles. The van der Waals surface area contributed by atoms with Gasteiger partial charge in [0, 0.05) is 26.6 Å². The molecular weight excluding hydrogens is 198 g/mol. The topological polar surface area (TPSA) is 90.8 Å². The van der Waals surface area contributed by atoms with E-state index in [0.717, 1.165) is 0 Å². The maximum Gasteiger partial charge on any atom is 0.326 e. The first kappa shape index (κ1) is 13.2. The highest BCUT2D eigenvalue weighted by Crippen LogP contribution is 2.05. The SMILES string of the molecule is C=N/C(=C\NC)CC(NC(C)=O)C(=O)O. The van der Waals surface area contributed by atoms with Crippen molar-refractivity contribution in [3.63, 3.8) is 0 Å². The van der Waals surface area contributed by atoms with Crippen molar-refractivity contribution < 1.29 is 14.7 Å². The lowest BCUT2D eigenvalue weighted by molar-refractivity contribution is -0.141. The largest absolute Gasteiger partial charge is 0.480 e. The van der Waals surface area contributed by atoms with E-state index in [1.807, 2.05) is 0 Å². The Kier molecular flexibility index (Phi) is 5.77. The highest BCUT2D eigenvalue weighted by atomic mass is 16.4. The molecule has 0 spiro atoms. The summed E-state index contributed by atoms with van der Waals surface area (Å²) in [5.41, 5.74) is 0.471. The average Bonchev–Trinajstić information content (AvgIpc) is 2.14. The highest BCUT2D eigenvalue weighted by Gasteiger charge is 2.19. The molecule has 0 rings (SSSR count). The minimum absolute atomic E-state index is 0.0965. The van der Waals surface area contributed by atoms with Gasteiger partial charge in [0.05, 0.1) is 5.70 Å². The quantitative estimate of drug-likeness (QED) is 0.529. The van der Waals surface area contributed by atoms with Crippen molar-refractivity contribution in [2.24, 2.45) is 4.99 Å². The van der Waals surface area contributed by atoms with Crippen LogP contribution in [0.2, 0.25) is 0 Å². The summed E-state index contributed by atoms with van der Waals surface area (Å²) in [5, 5.41) is 13.8. The summed E-state index contributed by atoms with van der Waals surface area (Å²) in [6.45, 7) is 4.57. The number of rotatable bonds is 6. The van der Waals surface area contributed by atoms with E-state index >= 15 is 0 Å². The third-order valence-electron chi connectivity index (χ3n) is 1.60. The van der Waals surface area contributed by atoms with Gasteiger partial charge in [-0.25, -0.2) is 4.79 Å². The monoisotopic (exact) mass is 213 g/mol. The fourth-order valence-corrected chi connectivity index (χ4v) is 0.990. The average molecular weight is 213 g/mol. The number of carboxylic acid groups (broad SMARTS) is 1. The van der Waals surface area contributed by atoms with E-state index in [4.69, 9.17) is 5.11 Å². The number of hydrogen-bond donors (Lipinski definition) is 3. The van der Waals surface area contributed by atoms with Crippen LogP contribution in [-0.2, 0) is 9.59 Å². The smallest absolute Gasteiger partial charge is 0.326 e.